The van der Waals surface area contributed by atoms with E-state index in [1.54, 1.807) is 0 Å². The second kappa shape index (κ2) is 9.94. The highest BCUT2D eigenvalue weighted by Gasteiger charge is 2.51. The van der Waals surface area contributed by atoms with E-state index in [9.17, 15) is 4.79 Å². The van der Waals surface area contributed by atoms with Gasteiger partial charge in [-0.05, 0) is 33.5 Å². The quantitative estimate of drug-likeness (QED) is 0.367. The van der Waals surface area contributed by atoms with Crippen LogP contribution >= 0.6 is 0 Å². The van der Waals surface area contributed by atoms with Gasteiger partial charge in [-0.15, -0.1) is 0 Å². The maximum atomic E-state index is 12.2. The topological polar surface area (TPSA) is 35.5 Å². The van der Waals surface area contributed by atoms with E-state index in [-0.39, 0.29) is 10.1 Å². The Morgan fingerprint density at radius 2 is 1.26 bits per heavy atom. The van der Waals surface area contributed by atoms with Crippen molar-refractivity contribution >= 4 is 33.3 Å². The number of aldehydes is 1. The molecule has 0 heterocycles. The average molecular weight is 457 g/mol. The van der Waals surface area contributed by atoms with Crippen LogP contribution in [-0.4, -0.2) is 35.6 Å². The number of rotatable bonds is 9. The van der Waals surface area contributed by atoms with Gasteiger partial charge in [0.2, 0.25) is 0 Å². The Balaban J connectivity index is 2.40. The number of hydrogen-bond donors (Lipinski definition) is 0. The lowest BCUT2D eigenvalue weighted by molar-refractivity contribution is -0.114. The highest BCUT2D eigenvalue weighted by atomic mass is 28.4. The lowest BCUT2D eigenvalue weighted by Gasteiger charge is -2.44. The Morgan fingerprint density at radius 1 is 0.806 bits per heavy atom. The van der Waals surface area contributed by atoms with E-state index in [1.807, 2.05) is 12.1 Å². The molecule has 0 radical (unpaired) electrons. The zero-order valence-corrected chi connectivity index (χ0v) is 22.6. The molecular weight excluding hydrogens is 416 g/mol. The molecule has 2 aromatic carbocycles. The van der Waals surface area contributed by atoms with Crippen molar-refractivity contribution < 1.29 is 13.6 Å². The SMILES string of the molecule is CC(C)(C)[Si](C)(C)OCC[C@H](C=O)O[Si](c1ccccc1)(c1ccccc1)C(C)(C)C. The van der Waals surface area contributed by atoms with Crippen LogP contribution in [0.15, 0.2) is 60.7 Å². The van der Waals surface area contributed by atoms with Gasteiger partial charge in [0.15, 0.2) is 8.32 Å². The van der Waals surface area contributed by atoms with Crippen LogP contribution in [0.3, 0.4) is 0 Å². The van der Waals surface area contributed by atoms with Crippen molar-refractivity contribution in [1.82, 2.24) is 0 Å². The van der Waals surface area contributed by atoms with Crippen LogP contribution in [0.25, 0.3) is 0 Å². The molecule has 3 nitrogen and oxygen atoms in total. The summed E-state index contributed by atoms with van der Waals surface area (Å²) in [6.07, 6.45) is 1.03. The predicted molar refractivity (Wildman–Crippen MR) is 136 cm³/mol. The third kappa shape index (κ3) is 5.83. The summed E-state index contributed by atoms with van der Waals surface area (Å²) in [4.78, 5) is 12.2. The highest BCUT2D eigenvalue weighted by Crippen LogP contribution is 2.38. The van der Waals surface area contributed by atoms with Gasteiger partial charge in [-0.1, -0.05) is 102 Å². The Labute approximate surface area is 191 Å². The van der Waals surface area contributed by atoms with Crippen molar-refractivity contribution in [3.63, 3.8) is 0 Å². The lowest BCUT2D eigenvalue weighted by atomic mass is 10.2. The summed E-state index contributed by atoms with van der Waals surface area (Å²) < 4.78 is 13.3. The Hall–Kier alpha value is -1.54. The van der Waals surface area contributed by atoms with Crippen molar-refractivity contribution in [1.29, 1.82) is 0 Å². The fraction of sp³-hybridized carbons (Fsp3) is 0.500. The Bertz CT molecular complexity index is 782. The summed E-state index contributed by atoms with van der Waals surface area (Å²) in [5.74, 6) is 0. The largest absolute Gasteiger partial charge is 0.417 e. The van der Waals surface area contributed by atoms with E-state index in [1.165, 1.54) is 10.4 Å². The van der Waals surface area contributed by atoms with Gasteiger partial charge < -0.3 is 13.6 Å². The molecule has 0 bridgehead atoms. The van der Waals surface area contributed by atoms with Gasteiger partial charge in [-0.3, -0.25) is 0 Å². The molecule has 0 saturated carbocycles. The molecule has 0 aliphatic heterocycles. The molecule has 2 rings (SSSR count). The zero-order valence-electron chi connectivity index (χ0n) is 20.6. The van der Waals surface area contributed by atoms with Crippen molar-refractivity contribution in [2.75, 3.05) is 6.61 Å². The van der Waals surface area contributed by atoms with Crippen LogP contribution in [0.4, 0.5) is 0 Å². The minimum Gasteiger partial charge on any atom is -0.417 e. The van der Waals surface area contributed by atoms with E-state index >= 15 is 0 Å². The number of carbonyl (C=O) groups excluding carboxylic acids is 1. The van der Waals surface area contributed by atoms with Crippen LogP contribution in [-0.2, 0) is 13.6 Å². The fourth-order valence-electron chi connectivity index (χ4n) is 3.72. The summed E-state index contributed by atoms with van der Waals surface area (Å²) in [6.45, 7) is 18.4. The molecule has 0 spiro atoms. The van der Waals surface area contributed by atoms with Crippen LogP contribution in [0.5, 0.6) is 0 Å². The van der Waals surface area contributed by atoms with E-state index in [0.29, 0.717) is 13.0 Å². The van der Waals surface area contributed by atoms with E-state index in [4.69, 9.17) is 8.85 Å². The van der Waals surface area contributed by atoms with E-state index < -0.39 is 22.7 Å². The third-order valence-electron chi connectivity index (χ3n) is 6.57. The van der Waals surface area contributed by atoms with Gasteiger partial charge in [0, 0.05) is 13.0 Å². The van der Waals surface area contributed by atoms with Gasteiger partial charge in [0.25, 0.3) is 8.32 Å². The van der Waals surface area contributed by atoms with E-state index in [0.717, 1.165) is 6.29 Å². The van der Waals surface area contributed by atoms with Gasteiger partial charge >= 0.3 is 0 Å². The third-order valence-corrected chi connectivity index (χ3v) is 16.2. The normalized spacial score (nSPS) is 14.3. The standard InChI is InChI=1S/C26H40O3Si2/c1-25(2,3)30(7,8)28-20-19-22(21-27)29-31(26(4,5)6,23-15-11-9-12-16-23)24-17-13-10-14-18-24/h9-18,21-22H,19-20H2,1-8H3/t22-/m1/s1. The summed E-state index contributed by atoms with van der Waals surface area (Å²) in [5, 5.41) is 2.36. The molecule has 0 aromatic heterocycles. The number of carbonyl (C=O) groups is 1. The molecule has 0 amide bonds. The Morgan fingerprint density at radius 3 is 1.61 bits per heavy atom. The van der Waals surface area contributed by atoms with Crippen molar-refractivity contribution in [3.05, 3.63) is 60.7 Å². The summed E-state index contributed by atoms with van der Waals surface area (Å²) in [7, 11) is -4.61. The maximum absolute atomic E-state index is 12.2. The predicted octanol–water partition coefficient (Wildman–Crippen LogP) is 5.54. The average Bonchev–Trinajstić information content (AvgIpc) is 2.70. The van der Waals surface area contributed by atoms with Crippen LogP contribution in [0, 0.1) is 0 Å². The first-order chi connectivity index (χ1) is 14.3. The van der Waals surface area contributed by atoms with Crippen LogP contribution < -0.4 is 10.4 Å². The molecule has 0 aliphatic carbocycles. The molecule has 2 aromatic rings. The summed E-state index contributed by atoms with van der Waals surface area (Å²) in [5.41, 5.74) is 0. The molecule has 0 aliphatic rings. The van der Waals surface area contributed by atoms with Crippen molar-refractivity contribution in [2.24, 2.45) is 0 Å². The first-order valence-corrected chi connectivity index (χ1v) is 16.0. The molecule has 5 heteroatoms. The fourth-order valence-corrected chi connectivity index (χ4v) is 9.42. The molecule has 31 heavy (non-hydrogen) atoms. The molecule has 1 atom stereocenters. The molecular formula is C26H40O3Si2. The van der Waals surface area contributed by atoms with Crippen LogP contribution in [0.2, 0.25) is 23.2 Å². The van der Waals surface area contributed by atoms with Crippen molar-refractivity contribution in [2.45, 2.75) is 77.2 Å². The first-order valence-electron chi connectivity index (χ1n) is 11.2. The first kappa shape index (κ1) is 25.7. The molecule has 0 unspecified atom stereocenters. The second-order valence-corrected chi connectivity index (χ2v) is 19.9. The van der Waals surface area contributed by atoms with Crippen LogP contribution in [0.1, 0.15) is 48.0 Å². The summed E-state index contributed by atoms with van der Waals surface area (Å²) >= 11 is 0. The monoisotopic (exact) mass is 456 g/mol. The summed E-state index contributed by atoms with van der Waals surface area (Å²) in [6, 6.07) is 20.9. The molecule has 170 valence electrons. The maximum Gasteiger partial charge on any atom is 0.262 e. The van der Waals surface area contributed by atoms with Gasteiger partial charge in [-0.2, -0.15) is 0 Å². The molecule has 0 N–H and O–H groups in total. The smallest absolute Gasteiger partial charge is 0.262 e. The molecule has 0 saturated heterocycles. The van der Waals surface area contributed by atoms with Crippen molar-refractivity contribution in [3.8, 4) is 0 Å². The zero-order chi connectivity index (χ0) is 23.3. The Kier molecular flexibility index (Phi) is 8.25. The minimum atomic E-state index is -2.74. The van der Waals surface area contributed by atoms with Gasteiger partial charge in [0.05, 0.1) is 0 Å². The van der Waals surface area contributed by atoms with Gasteiger partial charge in [-0.25, -0.2) is 0 Å². The van der Waals surface area contributed by atoms with E-state index in [2.05, 4.69) is 103 Å². The second-order valence-electron chi connectivity index (χ2n) is 10.9. The number of benzene rings is 2. The lowest BCUT2D eigenvalue weighted by Crippen LogP contribution is -2.68. The van der Waals surface area contributed by atoms with Gasteiger partial charge in [0.1, 0.15) is 12.4 Å². The highest BCUT2D eigenvalue weighted by molar-refractivity contribution is 6.99. The minimum absolute atomic E-state index is 0.141. The number of hydrogen-bond acceptors (Lipinski definition) is 3. The molecule has 0 fully saturated rings.